The van der Waals surface area contributed by atoms with Crippen LogP contribution in [-0.4, -0.2) is 32.2 Å². The molecule has 29 heavy (non-hydrogen) atoms. The number of nitrogens with one attached hydrogen (secondary N) is 1. The lowest BCUT2D eigenvalue weighted by Gasteiger charge is -2.30. The second-order valence-electron chi connectivity index (χ2n) is 7.42. The van der Waals surface area contributed by atoms with Crippen LogP contribution >= 0.6 is 0 Å². The van der Waals surface area contributed by atoms with Crippen LogP contribution in [0.2, 0.25) is 0 Å². The van der Waals surface area contributed by atoms with Crippen molar-refractivity contribution in [2.45, 2.75) is 20.3 Å². The molecule has 0 fully saturated rings. The molecule has 1 amide bonds. The van der Waals surface area contributed by atoms with Crippen LogP contribution in [0.25, 0.3) is 5.69 Å². The number of ketones is 1. The number of carbonyl (C=O) groups excluding carboxylic acids is 2. The molecule has 146 valence electrons. The molecule has 4 rings (SSSR count). The van der Waals surface area contributed by atoms with Gasteiger partial charge in [-0.3, -0.25) is 14.6 Å². The molecule has 0 aliphatic heterocycles. The summed E-state index contributed by atoms with van der Waals surface area (Å²) in [6, 6.07) is 9.04. The summed E-state index contributed by atoms with van der Waals surface area (Å²) in [5.74, 6) is -1.05. The van der Waals surface area contributed by atoms with Crippen molar-refractivity contribution < 1.29 is 14.0 Å². The molecular weight excluding hydrogens is 373 g/mol. The molecule has 0 saturated carbocycles. The first-order valence-corrected chi connectivity index (χ1v) is 9.03. The van der Waals surface area contributed by atoms with Crippen molar-refractivity contribution in [2.24, 2.45) is 10.5 Å². The molecular formula is C21H18FN5O2. The maximum Gasteiger partial charge on any atom is 0.271 e. The quantitative estimate of drug-likeness (QED) is 0.695. The van der Waals surface area contributed by atoms with E-state index in [1.54, 1.807) is 28.9 Å². The summed E-state index contributed by atoms with van der Waals surface area (Å²) in [7, 11) is 0. The molecule has 1 aromatic carbocycles. The van der Waals surface area contributed by atoms with Crippen LogP contribution < -0.4 is 5.43 Å². The lowest BCUT2D eigenvalue weighted by atomic mass is 9.74. The Labute approximate surface area is 166 Å². The predicted octanol–water partition coefficient (Wildman–Crippen LogP) is 2.96. The van der Waals surface area contributed by atoms with Gasteiger partial charge in [-0.2, -0.15) is 10.2 Å². The Morgan fingerprint density at radius 1 is 1.17 bits per heavy atom. The van der Waals surface area contributed by atoms with Gasteiger partial charge in [0.15, 0.2) is 0 Å². The molecule has 1 N–H and O–H groups in total. The number of hydrazone groups is 1. The smallest absolute Gasteiger partial charge is 0.271 e. The molecule has 0 saturated heterocycles. The van der Waals surface area contributed by atoms with Gasteiger partial charge >= 0.3 is 0 Å². The van der Waals surface area contributed by atoms with Crippen LogP contribution in [0, 0.1) is 11.2 Å². The highest BCUT2D eigenvalue weighted by Gasteiger charge is 2.40. The Balaban J connectivity index is 1.66. The Morgan fingerprint density at radius 2 is 1.86 bits per heavy atom. The molecule has 0 atom stereocenters. The molecule has 0 unspecified atom stereocenters. The van der Waals surface area contributed by atoms with Gasteiger partial charge in [-0.25, -0.2) is 14.5 Å². The van der Waals surface area contributed by atoms with E-state index in [1.807, 2.05) is 13.8 Å². The van der Waals surface area contributed by atoms with Crippen molar-refractivity contribution >= 4 is 17.4 Å². The number of nitrogens with zero attached hydrogens (tertiary/aromatic N) is 4. The van der Waals surface area contributed by atoms with Crippen LogP contribution in [0.4, 0.5) is 4.39 Å². The number of pyridine rings is 1. The topological polar surface area (TPSA) is 89.2 Å². The van der Waals surface area contributed by atoms with Gasteiger partial charge in [0.1, 0.15) is 11.5 Å². The van der Waals surface area contributed by atoms with Gasteiger partial charge in [0, 0.05) is 29.8 Å². The third-order valence-corrected chi connectivity index (χ3v) is 4.86. The molecule has 8 heteroatoms. The van der Waals surface area contributed by atoms with E-state index < -0.39 is 11.3 Å². The zero-order valence-electron chi connectivity index (χ0n) is 15.9. The van der Waals surface area contributed by atoms with E-state index in [-0.39, 0.29) is 17.3 Å². The third-order valence-electron chi connectivity index (χ3n) is 4.86. The predicted molar refractivity (Wildman–Crippen MR) is 104 cm³/mol. The minimum Gasteiger partial charge on any atom is -0.287 e. The highest BCUT2D eigenvalue weighted by molar-refractivity contribution is 6.48. The molecule has 2 aromatic heterocycles. The number of benzene rings is 1. The Hall–Kier alpha value is -3.68. The number of hydrogen-bond acceptors (Lipinski definition) is 5. The van der Waals surface area contributed by atoms with Gasteiger partial charge in [0.05, 0.1) is 23.1 Å². The molecule has 0 spiro atoms. The normalized spacial score (nSPS) is 16.5. The molecule has 2 heterocycles. The minimum absolute atomic E-state index is 0.256. The van der Waals surface area contributed by atoms with Gasteiger partial charge in [-0.15, -0.1) is 0 Å². The van der Waals surface area contributed by atoms with Crippen molar-refractivity contribution in [3.8, 4) is 5.69 Å². The number of amides is 1. The van der Waals surface area contributed by atoms with Crippen LogP contribution in [-0.2, 0) is 6.42 Å². The van der Waals surface area contributed by atoms with Crippen molar-refractivity contribution in [1.82, 2.24) is 20.2 Å². The van der Waals surface area contributed by atoms with Gasteiger partial charge in [0.2, 0.25) is 5.78 Å². The zero-order valence-corrected chi connectivity index (χ0v) is 15.9. The number of hydrogen-bond donors (Lipinski definition) is 1. The van der Waals surface area contributed by atoms with Crippen molar-refractivity contribution in [3.05, 3.63) is 77.6 Å². The molecule has 1 aliphatic rings. The minimum atomic E-state index is -0.632. The van der Waals surface area contributed by atoms with Crippen molar-refractivity contribution in [3.63, 3.8) is 0 Å². The molecule has 0 radical (unpaired) electrons. The molecule has 1 aliphatic carbocycles. The van der Waals surface area contributed by atoms with E-state index in [4.69, 9.17) is 0 Å². The van der Waals surface area contributed by atoms with E-state index in [0.29, 0.717) is 23.2 Å². The first-order valence-electron chi connectivity index (χ1n) is 9.03. The van der Waals surface area contributed by atoms with Crippen molar-refractivity contribution in [2.75, 3.05) is 0 Å². The average molecular weight is 391 g/mol. The summed E-state index contributed by atoms with van der Waals surface area (Å²) in [4.78, 5) is 29.2. The number of carbonyl (C=O) groups is 2. The molecule has 0 bridgehead atoms. The molecule has 7 nitrogen and oxygen atoms in total. The summed E-state index contributed by atoms with van der Waals surface area (Å²) >= 11 is 0. The van der Waals surface area contributed by atoms with Gasteiger partial charge in [-0.1, -0.05) is 13.8 Å². The average Bonchev–Trinajstić information content (AvgIpc) is 3.11. The third kappa shape index (κ3) is 3.44. The largest absolute Gasteiger partial charge is 0.287 e. The summed E-state index contributed by atoms with van der Waals surface area (Å²) in [6.45, 7) is 3.76. The second kappa shape index (κ2) is 7.05. The van der Waals surface area contributed by atoms with Crippen molar-refractivity contribution in [1.29, 1.82) is 0 Å². The summed E-state index contributed by atoms with van der Waals surface area (Å²) in [5, 5.41) is 8.46. The van der Waals surface area contributed by atoms with Gasteiger partial charge in [0.25, 0.3) is 5.91 Å². The van der Waals surface area contributed by atoms with E-state index >= 15 is 0 Å². The molecule has 3 aromatic rings. The SMILES string of the molecule is CC1(C)Cc2c(cnn2-c2ccc(F)cc2)C(=O)C1=NNC(=O)c1ccncc1. The van der Waals surface area contributed by atoms with E-state index in [2.05, 4.69) is 20.6 Å². The fourth-order valence-electron chi connectivity index (χ4n) is 3.35. The fourth-order valence-corrected chi connectivity index (χ4v) is 3.35. The van der Waals surface area contributed by atoms with E-state index in [9.17, 15) is 14.0 Å². The maximum atomic E-state index is 13.2. The highest BCUT2D eigenvalue weighted by Crippen LogP contribution is 2.34. The zero-order chi connectivity index (χ0) is 20.6. The highest BCUT2D eigenvalue weighted by atomic mass is 19.1. The van der Waals surface area contributed by atoms with Gasteiger partial charge in [-0.05, 0) is 36.4 Å². The first kappa shape index (κ1) is 18.7. The lowest BCUT2D eigenvalue weighted by molar-refractivity contribution is 0.0954. The number of aromatic nitrogens is 3. The van der Waals surface area contributed by atoms with Crippen LogP contribution in [0.5, 0.6) is 0 Å². The maximum absolute atomic E-state index is 13.2. The van der Waals surface area contributed by atoms with Crippen LogP contribution in [0.3, 0.4) is 0 Å². The Kier molecular flexibility index (Phi) is 4.54. The Morgan fingerprint density at radius 3 is 2.55 bits per heavy atom. The summed E-state index contributed by atoms with van der Waals surface area (Å²) in [6.07, 6.45) is 4.98. The monoisotopic (exact) mass is 391 g/mol. The number of halogens is 1. The number of Topliss-reactive ketones (excluding diaryl/α,β-unsaturated/α-hetero) is 1. The van der Waals surface area contributed by atoms with Crippen LogP contribution in [0.15, 0.2) is 60.1 Å². The standard InChI is InChI=1S/C21H18FN5O2/c1-21(2)11-17-16(12-24-27(17)15-5-3-14(22)4-6-15)18(28)19(21)25-26-20(29)13-7-9-23-10-8-13/h3-10,12H,11H2,1-2H3,(H,26,29). The van der Waals surface area contributed by atoms with E-state index in [0.717, 1.165) is 5.69 Å². The van der Waals surface area contributed by atoms with Crippen LogP contribution in [0.1, 0.15) is 40.3 Å². The van der Waals surface area contributed by atoms with Gasteiger partial charge < -0.3 is 0 Å². The summed E-state index contributed by atoms with van der Waals surface area (Å²) < 4.78 is 14.9. The lowest BCUT2D eigenvalue weighted by Crippen LogP contribution is -2.40. The Bertz CT molecular complexity index is 1120. The number of rotatable bonds is 3. The summed E-state index contributed by atoms with van der Waals surface area (Å²) in [5.41, 5.74) is 4.30. The fraction of sp³-hybridized carbons (Fsp3) is 0.190. The van der Waals surface area contributed by atoms with E-state index in [1.165, 1.54) is 30.7 Å². The first-order chi connectivity index (χ1) is 13.9. The second-order valence-corrected chi connectivity index (χ2v) is 7.42. The number of fused-ring (bicyclic) bond motifs is 1.